The lowest BCUT2D eigenvalue weighted by molar-refractivity contribution is 0.0769. The second kappa shape index (κ2) is 7.65. The fraction of sp³-hybridized carbons (Fsp3) is 0.250. The van der Waals surface area contributed by atoms with E-state index in [2.05, 4.69) is 10.1 Å². The van der Waals surface area contributed by atoms with Gasteiger partial charge in [0, 0.05) is 24.1 Å². The Hall–Kier alpha value is -3.09. The average Bonchev–Trinajstić information content (AvgIpc) is 3.12. The summed E-state index contributed by atoms with van der Waals surface area (Å²) in [5.74, 6) is -0.207. The molecule has 0 aliphatic heterocycles. The summed E-state index contributed by atoms with van der Waals surface area (Å²) in [5, 5.41) is 3.87. The van der Waals surface area contributed by atoms with Gasteiger partial charge in [-0.3, -0.25) is 4.79 Å². The highest BCUT2D eigenvalue weighted by atomic mass is 19.1. The largest absolute Gasteiger partial charge is 0.337 e. The molecule has 0 aliphatic carbocycles. The van der Waals surface area contributed by atoms with E-state index in [0.29, 0.717) is 22.8 Å². The molecule has 0 aliphatic rings. The van der Waals surface area contributed by atoms with Crippen LogP contribution in [0.25, 0.3) is 11.1 Å². The Morgan fingerprint density at radius 2 is 1.85 bits per heavy atom. The van der Waals surface area contributed by atoms with Gasteiger partial charge in [0.2, 0.25) is 5.89 Å². The third kappa shape index (κ3) is 4.19. The first-order valence-electron chi connectivity index (χ1n) is 8.48. The molecule has 3 rings (SSSR count). The minimum atomic E-state index is -0.523. The molecule has 0 bridgehead atoms. The van der Waals surface area contributed by atoms with Gasteiger partial charge in [0.25, 0.3) is 5.91 Å². The van der Waals surface area contributed by atoms with Gasteiger partial charge < -0.3 is 9.42 Å². The predicted molar refractivity (Wildman–Crippen MR) is 96.0 cm³/mol. The molecule has 1 heterocycles. The van der Waals surface area contributed by atoms with Crippen LogP contribution in [0.5, 0.6) is 0 Å². The lowest BCUT2D eigenvalue weighted by Gasteiger charge is -2.15. The van der Waals surface area contributed by atoms with Crippen molar-refractivity contribution in [3.63, 3.8) is 0 Å². The second-order valence-electron chi connectivity index (χ2n) is 6.56. The van der Waals surface area contributed by atoms with Crippen molar-refractivity contribution in [2.24, 2.45) is 0 Å². The number of rotatable bonds is 5. The van der Waals surface area contributed by atoms with Crippen LogP contribution in [0, 0.1) is 11.6 Å². The maximum Gasteiger partial charge on any atom is 0.254 e. The number of amides is 1. The number of benzene rings is 2. The number of hydrogen-bond acceptors (Lipinski definition) is 4. The summed E-state index contributed by atoms with van der Waals surface area (Å²) in [6, 6.07) is 9.59. The molecule has 0 N–H and O–H groups in total. The van der Waals surface area contributed by atoms with Crippen LogP contribution in [0.2, 0.25) is 0 Å². The summed E-state index contributed by atoms with van der Waals surface area (Å²) in [7, 11) is 1.63. The quantitative estimate of drug-likeness (QED) is 0.667. The lowest BCUT2D eigenvalue weighted by Crippen LogP contribution is -2.26. The zero-order valence-corrected chi connectivity index (χ0v) is 15.2. The Bertz CT molecular complexity index is 952. The molecule has 0 atom stereocenters. The van der Waals surface area contributed by atoms with Gasteiger partial charge in [-0.1, -0.05) is 31.1 Å². The van der Waals surface area contributed by atoms with Gasteiger partial charge >= 0.3 is 0 Å². The molecule has 7 heteroatoms. The number of hydrogen-bond donors (Lipinski definition) is 0. The zero-order valence-electron chi connectivity index (χ0n) is 15.2. The standard InChI is InChI=1S/C20H19F2N3O2/c1-12(2)19-23-18(27-24-19)11-25(3)20(26)14-6-4-13(5-7-14)16-10-15(21)8-9-17(16)22/h4-10,12H,11H2,1-3H3. The van der Waals surface area contributed by atoms with Crippen molar-refractivity contribution in [3.8, 4) is 11.1 Å². The van der Waals surface area contributed by atoms with E-state index in [1.807, 2.05) is 13.8 Å². The summed E-state index contributed by atoms with van der Waals surface area (Å²) < 4.78 is 32.4. The van der Waals surface area contributed by atoms with E-state index in [9.17, 15) is 13.6 Å². The van der Waals surface area contributed by atoms with Gasteiger partial charge in [0.05, 0.1) is 6.54 Å². The molecular weight excluding hydrogens is 352 g/mol. The van der Waals surface area contributed by atoms with Gasteiger partial charge in [0.1, 0.15) is 11.6 Å². The molecule has 5 nitrogen and oxygen atoms in total. The molecule has 1 aromatic heterocycles. The summed E-state index contributed by atoms with van der Waals surface area (Å²) in [4.78, 5) is 18.3. The zero-order chi connectivity index (χ0) is 19.6. The topological polar surface area (TPSA) is 59.2 Å². The van der Waals surface area contributed by atoms with Gasteiger partial charge in [-0.25, -0.2) is 8.78 Å². The molecule has 1 amide bonds. The van der Waals surface area contributed by atoms with Gasteiger partial charge in [0.15, 0.2) is 5.82 Å². The maximum atomic E-state index is 13.9. The van der Waals surface area contributed by atoms with Crippen LogP contribution in [0.4, 0.5) is 8.78 Å². The molecular formula is C20H19F2N3O2. The van der Waals surface area contributed by atoms with Crippen molar-refractivity contribution < 1.29 is 18.1 Å². The first-order valence-corrected chi connectivity index (χ1v) is 8.48. The van der Waals surface area contributed by atoms with Crippen molar-refractivity contribution in [1.29, 1.82) is 0 Å². The van der Waals surface area contributed by atoms with E-state index >= 15 is 0 Å². The Morgan fingerprint density at radius 3 is 2.48 bits per heavy atom. The van der Waals surface area contributed by atoms with Crippen molar-refractivity contribution in [2.75, 3.05) is 7.05 Å². The second-order valence-corrected chi connectivity index (χ2v) is 6.56. The number of halogens is 2. The van der Waals surface area contributed by atoms with Gasteiger partial charge in [-0.05, 0) is 35.9 Å². The molecule has 27 heavy (non-hydrogen) atoms. The van der Waals surface area contributed by atoms with Crippen molar-refractivity contribution >= 4 is 5.91 Å². The van der Waals surface area contributed by atoms with Gasteiger partial charge in [-0.2, -0.15) is 4.98 Å². The number of nitrogens with zero attached hydrogens (tertiary/aromatic N) is 3. The highest BCUT2D eigenvalue weighted by Gasteiger charge is 2.17. The lowest BCUT2D eigenvalue weighted by atomic mass is 10.0. The van der Waals surface area contributed by atoms with E-state index in [1.54, 1.807) is 31.3 Å². The van der Waals surface area contributed by atoms with E-state index in [1.165, 1.54) is 4.90 Å². The Balaban J connectivity index is 1.73. The van der Waals surface area contributed by atoms with Crippen LogP contribution >= 0.6 is 0 Å². The predicted octanol–water partition coefficient (Wildman–Crippen LogP) is 4.41. The van der Waals surface area contributed by atoms with E-state index in [4.69, 9.17) is 4.52 Å². The fourth-order valence-corrected chi connectivity index (χ4v) is 2.57. The van der Waals surface area contributed by atoms with Crippen molar-refractivity contribution in [3.05, 3.63) is 71.4 Å². The molecule has 3 aromatic rings. The van der Waals surface area contributed by atoms with Crippen LogP contribution in [0.3, 0.4) is 0 Å². The summed E-state index contributed by atoms with van der Waals surface area (Å²) >= 11 is 0. The van der Waals surface area contributed by atoms with Crippen LogP contribution in [0.1, 0.15) is 41.8 Å². The van der Waals surface area contributed by atoms with E-state index in [-0.39, 0.29) is 23.9 Å². The number of carbonyl (C=O) groups excluding carboxylic acids is 1. The van der Waals surface area contributed by atoms with E-state index < -0.39 is 11.6 Å². The SMILES string of the molecule is CC(C)c1noc(CN(C)C(=O)c2ccc(-c3cc(F)ccc3F)cc2)n1. The highest BCUT2D eigenvalue weighted by molar-refractivity contribution is 5.94. The minimum Gasteiger partial charge on any atom is -0.337 e. The van der Waals surface area contributed by atoms with Gasteiger partial charge in [-0.15, -0.1) is 0 Å². The molecule has 0 radical (unpaired) electrons. The first kappa shape index (κ1) is 18.7. The Labute approximate surface area is 155 Å². The van der Waals surface area contributed by atoms with Crippen LogP contribution in [-0.2, 0) is 6.54 Å². The molecule has 140 valence electrons. The average molecular weight is 371 g/mol. The molecule has 0 saturated carbocycles. The molecule has 2 aromatic carbocycles. The molecule has 0 spiro atoms. The summed E-state index contributed by atoms with van der Waals surface area (Å²) in [6.45, 7) is 4.08. The first-order chi connectivity index (χ1) is 12.8. The third-order valence-electron chi connectivity index (χ3n) is 4.09. The van der Waals surface area contributed by atoms with E-state index in [0.717, 1.165) is 18.2 Å². The van der Waals surface area contributed by atoms with Crippen LogP contribution in [0.15, 0.2) is 47.0 Å². The highest BCUT2D eigenvalue weighted by Crippen LogP contribution is 2.24. The third-order valence-corrected chi connectivity index (χ3v) is 4.09. The van der Waals surface area contributed by atoms with Crippen LogP contribution in [-0.4, -0.2) is 28.0 Å². The minimum absolute atomic E-state index is 0.138. The molecule has 0 unspecified atom stereocenters. The molecule has 0 fully saturated rings. The van der Waals surface area contributed by atoms with Crippen molar-refractivity contribution in [2.45, 2.75) is 26.3 Å². The monoisotopic (exact) mass is 371 g/mol. The van der Waals surface area contributed by atoms with Crippen molar-refractivity contribution in [1.82, 2.24) is 15.0 Å². The van der Waals surface area contributed by atoms with Crippen LogP contribution < -0.4 is 0 Å². The fourth-order valence-electron chi connectivity index (χ4n) is 2.57. The summed E-state index contributed by atoms with van der Waals surface area (Å²) in [5.41, 5.74) is 1.06. The molecule has 0 saturated heterocycles. The Morgan fingerprint density at radius 1 is 1.15 bits per heavy atom. The normalized spacial score (nSPS) is 11.0. The maximum absolute atomic E-state index is 13.9. The Kier molecular flexibility index (Phi) is 5.30. The number of carbonyl (C=O) groups is 1. The summed E-state index contributed by atoms with van der Waals surface area (Å²) in [6.07, 6.45) is 0. The number of aromatic nitrogens is 2. The smallest absolute Gasteiger partial charge is 0.254 e.